The van der Waals surface area contributed by atoms with Crippen molar-refractivity contribution in [3.63, 3.8) is 0 Å². The SMILES string of the molecule is COc1ccccc1OCC(=O)N1CCN(C(=O)C(C)Oc2ccc(O)cc2)CC1. The molecule has 160 valence electrons. The van der Waals surface area contributed by atoms with Crippen molar-refractivity contribution in [2.45, 2.75) is 13.0 Å². The third kappa shape index (κ3) is 5.34. The van der Waals surface area contributed by atoms with Crippen molar-refractivity contribution in [1.82, 2.24) is 9.80 Å². The van der Waals surface area contributed by atoms with Crippen LogP contribution in [0.5, 0.6) is 23.0 Å². The van der Waals surface area contributed by atoms with Crippen molar-refractivity contribution in [1.29, 1.82) is 0 Å². The van der Waals surface area contributed by atoms with Gasteiger partial charge >= 0.3 is 0 Å². The molecular formula is C22H26N2O6. The maximum Gasteiger partial charge on any atom is 0.263 e. The second-order valence-electron chi connectivity index (χ2n) is 6.90. The van der Waals surface area contributed by atoms with Crippen LogP contribution in [0.4, 0.5) is 0 Å². The maximum atomic E-state index is 12.6. The fourth-order valence-electron chi connectivity index (χ4n) is 3.18. The highest BCUT2D eigenvalue weighted by Gasteiger charge is 2.28. The highest BCUT2D eigenvalue weighted by molar-refractivity contribution is 5.82. The van der Waals surface area contributed by atoms with E-state index in [0.29, 0.717) is 43.4 Å². The minimum absolute atomic E-state index is 0.0886. The quantitative estimate of drug-likeness (QED) is 0.745. The molecular weight excluding hydrogens is 388 g/mol. The number of nitrogens with zero attached hydrogens (tertiary/aromatic N) is 2. The van der Waals surface area contributed by atoms with Crippen LogP contribution in [0.3, 0.4) is 0 Å². The molecule has 2 aromatic carbocycles. The number of benzene rings is 2. The van der Waals surface area contributed by atoms with E-state index in [0.717, 1.165) is 0 Å². The molecule has 0 saturated carbocycles. The number of phenols is 1. The van der Waals surface area contributed by atoms with Crippen LogP contribution < -0.4 is 14.2 Å². The number of carbonyl (C=O) groups excluding carboxylic acids is 2. The van der Waals surface area contributed by atoms with Crippen molar-refractivity contribution < 1.29 is 28.9 Å². The first kappa shape index (κ1) is 21.3. The summed E-state index contributed by atoms with van der Waals surface area (Å²) in [5.41, 5.74) is 0. The lowest BCUT2D eigenvalue weighted by Gasteiger charge is -2.35. The zero-order valence-electron chi connectivity index (χ0n) is 17.1. The summed E-state index contributed by atoms with van der Waals surface area (Å²) in [6, 6.07) is 13.4. The second kappa shape index (κ2) is 9.87. The third-order valence-electron chi connectivity index (χ3n) is 4.86. The van der Waals surface area contributed by atoms with Gasteiger partial charge in [-0.2, -0.15) is 0 Å². The fraction of sp³-hybridized carbons (Fsp3) is 0.364. The van der Waals surface area contributed by atoms with Crippen molar-refractivity contribution in [2.75, 3.05) is 39.9 Å². The number of carbonyl (C=O) groups is 2. The molecule has 2 amide bonds. The summed E-state index contributed by atoms with van der Waals surface area (Å²) in [5, 5.41) is 9.32. The van der Waals surface area contributed by atoms with E-state index in [1.807, 2.05) is 12.1 Å². The maximum absolute atomic E-state index is 12.6. The standard InChI is InChI=1S/C22H26N2O6/c1-16(30-18-9-7-17(25)8-10-18)22(27)24-13-11-23(12-14-24)21(26)15-29-20-6-4-3-5-19(20)28-2/h3-10,16,25H,11-15H2,1-2H3. The number of methoxy groups -OCH3 is 1. The van der Waals surface area contributed by atoms with E-state index in [4.69, 9.17) is 14.2 Å². The number of ether oxygens (including phenoxy) is 3. The Balaban J connectivity index is 1.45. The first-order valence-corrected chi connectivity index (χ1v) is 9.76. The van der Waals surface area contributed by atoms with E-state index in [9.17, 15) is 14.7 Å². The second-order valence-corrected chi connectivity index (χ2v) is 6.90. The Labute approximate surface area is 175 Å². The number of rotatable bonds is 7. The first-order valence-electron chi connectivity index (χ1n) is 9.76. The molecule has 1 heterocycles. The van der Waals surface area contributed by atoms with Gasteiger partial charge in [0.05, 0.1) is 7.11 Å². The molecule has 8 heteroatoms. The molecule has 2 aromatic rings. The lowest BCUT2D eigenvalue weighted by atomic mass is 10.2. The topological polar surface area (TPSA) is 88.5 Å². The van der Waals surface area contributed by atoms with Crippen LogP contribution in [-0.4, -0.2) is 72.7 Å². The van der Waals surface area contributed by atoms with Crippen LogP contribution in [0.1, 0.15) is 6.92 Å². The Hall–Kier alpha value is -3.42. The third-order valence-corrected chi connectivity index (χ3v) is 4.86. The van der Waals surface area contributed by atoms with Gasteiger partial charge in [0.1, 0.15) is 11.5 Å². The van der Waals surface area contributed by atoms with Gasteiger partial charge in [0.15, 0.2) is 24.2 Å². The Kier molecular flexibility index (Phi) is 7.00. The molecule has 0 radical (unpaired) electrons. The number of phenolic OH excluding ortho intramolecular Hbond substituents is 1. The molecule has 1 N–H and O–H groups in total. The highest BCUT2D eigenvalue weighted by Crippen LogP contribution is 2.25. The number of para-hydroxylation sites is 2. The number of piperazine rings is 1. The fourth-order valence-corrected chi connectivity index (χ4v) is 3.18. The molecule has 1 aliphatic rings. The Bertz CT molecular complexity index is 862. The van der Waals surface area contributed by atoms with Crippen molar-refractivity contribution >= 4 is 11.8 Å². The van der Waals surface area contributed by atoms with Gasteiger partial charge < -0.3 is 29.1 Å². The molecule has 0 aromatic heterocycles. The molecule has 30 heavy (non-hydrogen) atoms. The van der Waals surface area contributed by atoms with Gasteiger partial charge in [0.2, 0.25) is 0 Å². The summed E-state index contributed by atoms with van der Waals surface area (Å²) in [6.45, 7) is 3.34. The van der Waals surface area contributed by atoms with E-state index >= 15 is 0 Å². The Morgan fingerprint density at radius 1 is 0.967 bits per heavy atom. The normalized spacial score (nSPS) is 14.7. The molecule has 0 aliphatic carbocycles. The summed E-state index contributed by atoms with van der Waals surface area (Å²) >= 11 is 0. The van der Waals surface area contributed by atoms with Gasteiger partial charge in [-0.3, -0.25) is 9.59 Å². The van der Waals surface area contributed by atoms with Crippen LogP contribution in [0.2, 0.25) is 0 Å². The minimum atomic E-state index is -0.661. The van der Waals surface area contributed by atoms with Crippen LogP contribution in [0.15, 0.2) is 48.5 Å². The van der Waals surface area contributed by atoms with Crippen molar-refractivity contribution in [3.05, 3.63) is 48.5 Å². The van der Waals surface area contributed by atoms with E-state index < -0.39 is 6.10 Å². The minimum Gasteiger partial charge on any atom is -0.508 e. The van der Waals surface area contributed by atoms with Gasteiger partial charge in [-0.05, 0) is 43.3 Å². The number of amides is 2. The van der Waals surface area contributed by atoms with E-state index in [1.54, 1.807) is 48.1 Å². The predicted molar refractivity (Wildman–Crippen MR) is 110 cm³/mol. The zero-order chi connectivity index (χ0) is 21.5. The lowest BCUT2D eigenvalue weighted by Crippen LogP contribution is -2.54. The van der Waals surface area contributed by atoms with Crippen LogP contribution in [0, 0.1) is 0 Å². The van der Waals surface area contributed by atoms with Gasteiger partial charge in [0, 0.05) is 26.2 Å². The van der Waals surface area contributed by atoms with Gasteiger partial charge in [-0.1, -0.05) is 12.1 Å². The van der Waals surface area contributed by atoms with Crippen LogP contribution >= 0.6 is 0 Å². The molecule has 0 spiro atoms. The predicted octanol–water partition coefficient (Wildman–Crippen LogP) is 1.92. The number of hydrogen-bond acceptors (Lipinski definition) is 6. The van der Waals surface area contributed by atoms with Crippen molar-refractivity contribution in [2.24, 2.45) is 0 Å². The van der Waals surface area contributed by atoms with Gasteiger partial charge in [-0.25, -0.2) is 0 Å². The average molecular weight is 414 g/mol. The Morgan fingerprint density at radius 2 is 1.57 bits per heavy atom. The van der Waals surface area contributed by atoms with Gasteiger partial charge in [-0.15, -0.1) is 0 Å². The molecule has 3 rings (SSSR count). The summed E-state index contributed by atoms with van der Waals surface area (Å²) in [6.07, 6.45) is -0.661. The number of hydrogen-bond donors (Lipinski definition) is 1. The van der Waals surface area contributed by atoms with Crippen LogP contribution in [0.25, 0.3) is 0 Å². The Morgan fingerprint density at radius 3 is 2.20 bits per heavy atom. The smallest absolute Gasteiger partial charge is 0.263 e. The molecule has 1 atom stereocenters. The van der Waals surface area contributed by atoms with Crippen LogP contribution in [-0.2, 0) is 9.59 Å². The molecule has 1 fully saturated rings. The summed E-state index contributed by atoms with van der Waals surface area (Å²) in [7, 11) is 1.55. The van der Waals surface area contributed by atoms with E-state index in [1.165, 1.54) is 12.1 Å². The zero-order valence-corrected chi connectivity index (χ0v) is 17.1. The first-order chi connectivity index (χ1) is 14.5. The van der Waals surface area contributed by atoms with E-state index in [2.05, 4.69) is 0 Å². The molecule has 0 bridgehead atoms. The highest BCUT2D eigenvalue weighted by atomic mass is 16.5. The molecule has 1 unspecified atom stereocenters. The molecule has 1 aliphatic heterocycles. The van der Waals surface area contributed by atoms with Gasteiger partial charge in [0.25, 0.3) is 11.8 Å². The summed E-state index contributed by atoms with van der Waals surface area (Å²) in [4.78, 5) is 28.5. The number of aromatic hydroxyl groups is 1. The molecule has 1 saturated heterocycles. The molecule has 8 nitrogen and oxygen atoms in total. The van der Waals surface area contributed by atoms with Crippen molar-refractivity contribution in [3.8, 4) is 23.0 Å². The summed E-state index contributed by atoms with van der Waals surface area (Å²) < 4.78 is 16.5. The monoisotopic (exact) mass is 414 g/mol. The largest absolute Gasteiger partial charge is 0.508 e. The summed E-state index contributed by atoms with van der Waals surface area (Å²) in [5.74, 6) is 1.46. The lowest BCUT2D eigenvalue weighted by molar-refractivity contribution is -0.144. The van der Waals surface area contributed by atoms with E-state index in [-0.39, 0.29) is 24.2 Å². The average Bonchev–Trinajstić information content (AvgIpc) is 2.78.